The van der Waals surface area contributed by atoms with Gasteiger partial charge in [0.2, 0.25) is 5.91 Å². The predicted molar refractivity (Wildman–Crippen MR) is 84.2 cm³/mol. The molecule has 19 heavy (non-hydrogen) atoms. The Morgan fingerprint density at radius 3 is 2.89 bits per heavy atom. The SMILES string of the molecule is CS[C@@H]1CC[C@@H](N[C@@H](C(N)=O)c2cccc(Br)c2)C1. The molecule has 1 aromatic rings. The van der Waals surface area contributed by atoms with Crippen molar-refractivity contribution >= 4 is 33.6 Å². The number of halogens is 1. The second-order valence-corrected chi connectivity index (χ2v) is 6.98. The Morgan fingerprint density at radius 2 is 2.32 bits per heavy atom. The van der Waals surface area contributed by atoms with Gasteiger partial charge in [-0.1, -0.05) is 28.1 Å². The molecule has 0 spiro atoms. The van der Waals surface area contributed by atoms with Crippen molar-refractivity contribution in [2.75, 3.05) is 6.26 Å². The zero-order chi connectivity index (χ0) is 13.8. The molecule has 1 amide bonds. The van der Waals surface area contributed by atoms with Crippen LogP contribution in [0, 0.1) is 0 Å². The Labute approximate surface area is 126 Å². The fraction of sp³-hybridized carbons (Fsp3) is 0.500. The van der Waals surface area contributed by atoms with Crippen LogP contribution in [0.1, 0.15) is 30.9 Å². The largest absolute Gasteiger partial charge is 0.368 e. The minimum Gasteiger partial charge on any atom is -0.368 e. The Morgan fingerprint density at radius 1 is 1.53 bits per heavy atom. The standard InChI is InChI=1S/C14H19BrN2OS/c1-19-12-6-5-11(8-12)17-13(14(16)18)9-3-2-4-10(15)7-9/h2-4,7,11-13,17H,5-6,8H2,1H3,(H2,16,18)/t11-,12-,13-/m1/s1. The van der Waals surface area contributed by atoms with Gasteiger partial charge in [-0.25, -0.2) is 0 Å². The maximum Gasteiger partial charge on any atom is 0.239 e. The molecule has 1 saturated carbocycles. The molecule has 5 heteroatoms. The van der Waals surface area contributed by atoms with Gasteiger partial charge in [0.05, 0.1) is 0 Å². The van der Waals surface area contributed by atoms with Crippen LogP contribution in [0.25, 0.3) is 0 Å². The fourth-order valence-corrected chi connectivity index (χ4v) is 3.78. The number of primary amides is 1. The van der Waals surface area contributed by atoms with Crippen molar-refractivity contribution in [2.45, 2.75) is 36.6 Å². The number of amides is 1. The summed E-state index contributed by atoms with van der Waals surface area (Å²) in [5.41, 5.74) is 6.47. The van der Waals surface area contributed by atoms with Crippen molar-refractivity contribution in [3.63, 3.8) is 0 Å². The Bertz CT molecular complexity index is 455. The number of carbonyl (C=O) groups excluding carboxylic acids is 1. The second kappa shape index (κ2) is 6.77. The molecule has 1 aliphatic carbocycles. The van der Waals surface area contributed by atoms with E-state index in [1.54, 1.807) is 0 Å². The number of nitrogens with two attached hydrogens (primary N) is 1. The van der Waals surface area contributed by atoms with Gasteiger partial charge in [-0.15, -0.1) is 0 Å². The van der Waals surface area contributed by atoms with Gasteiger partial charge in [-0.2, -0.15) is 11.8 Å². The summed E-state index contributed by atoms with van der Waals surface area (Å²) in [6.07, 6.45) is 5.58. The summed E-state index contributed by atoms with van der Waals surface area (Å²) >= 11 is 5.34. The van der Waals surface area contributed by atoms with Gasteiger partial charge in [0.1, 0.15) is 6.04 Å². The van der Waals surface area contributed by atoms with E-state index in [9.17, 15) is 4.79 Å². The molecule has 3 atom stereocenters. The zero-order valence-corrected chi connectivity index (χ0v) is 13.3. The molecule has 3 nitrogen and oxygen atoms in total. The number of thioether (sulfide) groups is 1. The van der Waals surface area contributed by atoms with Crippen molar-refractivity contribution in [3.8, 4) is 0 Å². The van der Waals surface area contributed by atoms with Crippen LogP contribution >= 0.6 is 27.7 Å². The molecule has 0 unspecified atom stereocenters. The number of rotatable bonds is 5. The monoisotopic (exact) mass is 342 g/mol. The summed E-state index contributed by atoms with van der Waals surface area (Å²) in [6.45, 7) is 0. The van der Waals surface area contributed by atoms with Gasteiger partial charge < -0.3 is 5.73 Å². The van der Waals surface area contributed by atoms with Crippen LogP contribution in [-0.2, 0) is 4.79 Å². The van der Waals surface area contributed by atoms with E-state index in [1.165, 1.54) is 6.42 Å². The summed E-state index contributed by atoms with van der Waals surface area (Å²) in [5, 5.41) is 4.12. The molecule has 1 aliphatic rings. The highest BCUT2D eigenvalue weighted by Crippen LogP contribution is 2.30. The molecule has 0 aromatic heterocycles. The van der Waals surface area contributed by atoms with E-state index < -0.39 is 6.04 Å². The fourth-order valence-electron chi connectivity index (χ4n) is 2.57. The van der Waals surface area contributed by atoms with Crippen molar-refractivity contribution in [2.24, 2.45) is 5.73 Å². The Hall–Kier alpha value is -0.520. The summed E-state index contributed by atoms with van der Waals surface area (Å²) < 4.78 is 0.964. The van der Waals surface area contributed by atoms with Gasteiger partial charge in [0.25, 0.3) is 0 Å². The first-order valence-electron chi connectivity index (χ1n) is 6.43. The smallest absolute Gasteiger partial charge is 0.239 e. The number of carbonyl (C=O) groups is 1. The molecule has 0 aliphatic heterocycles. The van der Waals surface area contributed by atoms with Crippen LogP contribution in [0.5, 0.6) is 0 Å². The average molecular weight is 343 g/mol. The van der Waals surface area contributed by atoms with Crippen LogP contribution in [0.4, 0.5) is 0 Å². The Kier molecular flexibility index (Phi) is 5.30. The minimum absolute atomic E-state index is 0.314. The molecular weight excluding hydrogens is 324 g/mol. The van der Waals surface area contributed by atoms with Crippen LogP contribution < -0.4 is 11.1 Å². The highest BCUT2D eigenvalue weighted by molar-refractivity contribution is 9.10. The van der Waals surface area contributed by atoms with E-state index in [1.807, 2.05) is 36.0 Å². The Balaban J connectivity index is 2.07. The van der Waals surface area contributed by atoms with E-state index in [4.69, 9.17) is 5.73 Å². The average Bonchev–Trinajstić information content (AvgIpc) is 2.83. The van der Waals surface area contributed by atoms with Gasteiger partial charge >= 0.3 is 0 Å². The topological polar surface area (TPSA) is 55.1 Å². The minimum atomic E-state index is -0.400. The summed E-state index contributed by atoms with van der Waals surface area (Å²) in [5.74, 6) is -0.314. The maximum atomic E-state index is 11.7. The van der Waals surface area contributed by atoms with Gasteiger partial charge in [-0.3, -0.25) is 10.1 Å². The number of hydrogen-bond acceptors (Lipinski definition) is 3. The van der Waals surface area contributed by atoms with Gasteiger partial charge in [0, 0.05) is 15.8 Å². The molecular formula is C14H19BrN2OS. The summed E-state index contributed by atoms with van der Waals surface area (Å²) in [7, 11) is 0. The quantitative estimate of drug-likeness (QED) is 0.864. The molecule has 1 fully saturated rings. The lowest BCUT2D eigenvalue weighted by molar-refractivity contribution is -0.120. The maximum absolute atomic E-state index is 11.7. The highest BCUT2D eigenvalue weighted by atomic mass is 79.9. The van der Waals surface area contributed by atoms with Gasteiger partial charge in [-0.05, 0) is 43.2 Å². The first kappa shape index (κ1) is 14.9. The number of benzene rings is 1. The molecule has 3 N–H and O–H groups in total. The highest BCUT2D eigenvalue weighted by Gasteiger charge is 2.28. The van der Waals surface area contributed by atoms with Crippen molar-refractivity contribution in [3.05, 3.63) is 34.3 Å². The van der Waals surface area contributed by atoms with E-state index in [2.05, 4.69) is 27.5 Å². The van der Waals surface area contributed by atoms with Crippen molar-refractivity contribution in [1.29, 1.82) is 0 Å². The third-order valence-corrected chi connectivity index (χ3v) is 5.17. The van der Waals surface area contributed by atoms with Crippen molar-refractivity contribution in [1.82, 2.24) is 5.32 Å². The molecule has 0 bridgehead atoms. The molecule has 0 heterocycles. The normalized spacial score (nSPS) is 24.3. The van der Waals surface area contributed by atoms with Crippen LogP contribution in [0.3, 0.4) is 0 Å². The number of hydrogen-bond donors (Lipinski definition) is 2. The number of nitrogens with one attached hydrogen (secondary N) is 1. The third-order valence-electron chi connectivity index (χ3n) is 3.59. The van der Waals surface area contributed by atoms with E-state index in [0.29, 0.717) is 11.3 Å². The van der Waals surface area contributed by atoms with E-state index in [-0.39, 0.29) is 5.91 Å². The third kappa shape index (κ3) is 3.97. The van der Waals surface area contributed by atoms with Crippen molar-refractivity contribution < 1.29 is 4.79 Å². The molecule has 104 valence electrons. The predicted octanol–water partition coefficient (Wildman–Crippen LogP) is 2.85. The summed E-state index contributed by atoms with van der Waals surface area (Å²) in [4.78, 5) is 11.7. The lowest BCUT2D eigenvalue weighted by Crippen LogP contribution is -2.39. The van der Waals surface area contributed by atoms with E-state index >= 15 is 0 Å². The summed E-state index contributed by atoms with van der Waals surface area (Å²) in [6, 6.07) is 7.74. The van der Waals surface area contributed by atoms with Crippen LogP contribution in [0.15, 0.2) is 28.7 Å². The zero-order valence-electron chi connectivity index (χ0n) is 10.9. The second-order valence-electron chi connectivity index (χ2n) is 4.92. The molecule has 2 rings (SSSR count). The lowest BCUT2D eigenvalue weighted by atomic mass is 10.0. The lowest BCUT2D eigenvalue weighted by Gasteiger charge is -2.21. The first-order chi connectivity index (χ1) is 9.10. The molecule has 1 aromatic carbocycles. The van der Waals surface area contributed by atoms with Gasteiger partial charge in [0.15, 0.2) is 0 Å². The van der Waals surface area contributed by atoms with E-state index in [0.717, 1.165) is 22.9 Å². The van der Waals surface area contributed by atoms with Crippen LogP contribution in [-0.4, -0.2) is 23.5 Å². The van der Waals surface area contributed by atoms with Crippen LogP contribution in [0.2, 0.25) is 0 Å². The molecule has 0 saturated heterocycles. The molecule has 0 radical (unpaired) electrons. The first-order valence-corrected chi connectivity index (χ1v) is 8.52.